The number of anilines is 1. The third-order valence-electron chi connectivity index (χ3n) is 3.03. The third kappa shape index (κ3) is 3.56. The Balaban J connectivity index is 2.18. The molecule has 0 atom stereocenters. The maximum absolute atomic E-state index is 12.1. The Labute approximate surface area is 123 Å². The zero-order valence-corrected chi connectivity index (χ0v) is 13.4. The summed E-state index contributed by atoms with van der Waals surface area (Å²) in [6, 6.07) is 8.47. The van der Waals surface area contributed by atoms with Crippen molar-refractivity contribution >= 4 is 24.2 Å². The van der Waals surface area contributed by atoms with Crippen molar-refractivity contribution in [3.63, 3.8) is 0 Å². The molecule has 0 fully saturated rings. The summed E-state index contributed by atoms with van der Waals surface area (Å²) in [7, 11) is -0.914. The van der Waals surface area contributed by atoms with Gasteiger partial charge < -0.3 is 19.0 Å². The Hall–Kier alpha value is -2.00. The van der Waals surface area contributed by atoms with Crippen LogP contribution in [0.25, 0.3) is 0 Å². The molecule has 1 amide bonds. The molecular formula is C15H18NO4P. The fourth-order valence-electron chi connectivity index (χ4n) is 1.83. The summed E-state index contributed by atoms with van der Waals surface area (Å²) >= 11 is 0. The predicted octanol–water partition coefficient (Wildman–Crippen LogP) is 3.10. The summed E-state index contributed by atoms with van der Waals surface area (Å²) in [5, 5.41) is 2.76. The smallest absolute Gasteiger partial charge is 0.291 e. The number of rotatable bonds is 4. The molecule has 1 aromatic carbocycles. The molecule has 1 N–H and O–H groups in total. The summed E-state index contributed by atoms with van der Waals surface area (Å²) in [4.78, 5) is 12.1. The number of methoxy groups -OCH3 is 1. The van der Waals surface area contributed by atoms with Gasteiger partial charge in [-0.05, 0) is 56.1 Å². The SMILES string of the molecule is COc1ccc(NC(=O)c2ccc(P(C)(C)=O)o2)c(C)c1. The second-order valence-corrected chi connectivity index (χ2v) is 8.27. The van der Waals surface area contributed by atoms with Gasteiger partial charge in [-0.3, -0.25) is 4.79 Å². The zero-order chi connectivity index (χ0) is 15.6. The Bertz CT molecular complexity index is 714. The molecule has 0 bridgehead atoms. The minimum atomic E-state index is -2.50. The summed E-state index contributed by atoms with van der Waals surface area (Å²) in [5.41, 5.74) is 1.90. The second kappa shape index (κ2) is 5.78. The highest BCUT2D eigenvalue weighted by Gasteiger charge is 2.19. The van der Waals surface area contributed by atoms with E-state index in [9.17, 15) is 9.36 Å². The van der Waals surface area contributed by atoms with Crippen LogP contribution in [0.15, 0.2) is 34.7 Å². The Kier molecular flexibility index (Phi) is 4.24. The molecule has 0 aliphatic rings. The van der Waals surface area contributed by atoms with Gasteiger partial charge in [0.1, 0.15) is 12.9 Å². The van der Waals surface area contributed by atoms with Gasteiger partial charge in [0, 0.05) is 5.69 Å². The molecule has 0 saturated heterocycles. The van der Waals surface area contributed by atoms with E-state index in [1.54, 1.807) is 38.6 Å². The molecule has 0 saturated carbocycles. The van der Waals surface area contributed by atoms with Crippen molar-refractivity contribution in [2.24, 2.45) is 0 Å². The van der Waals surface area contributed by atoms with Gasteiger partial charge in [-0.1, -0.05) is 0 Å². The number of hydrogen-bond acceptors (Lipinski definition) is 4. The maximum atomic E-state index is 12.1. The Morgan fingerprint density at radius 1 is 1.24 bits per heavy atom. The predicted molar refractivity (Wildman–Crippen MR) is 83.5 cm³/mol. The minimum absolute atomic E-state index is 0.143. The van der Waals surface area contributed by atoms with E-state index in [1.807, 2.05) is 13.0 Å². The van der Waals surface area contributed by atoms with Gasteiger partial charge in [0.05, 0.1) is 7.11 Å². The summed E-state index contributed by atoms with van der Waals surface area (Å²) in [6.45, 7) is 5.07. The van der Waals surface area contributed by atoms with Crippen LogP contribution in [-0.4, -0.2) is 26.3 Å². The molecule has 0 aliphatic carbocycles. The van der Waals surface area contributed by atoms with Crippen LogP contribution in [0, 0.1) is 6.92 Å². The van der Waals surface area contributed by atoms with Gasteiger partial charge in [0.15, 0.2) is 11.3 Å². The number of amides is 1. The molecular weight excluding hydrogens is 289 g/mol. The zero-order valence-electron chi connectivity index (χ0n) is 12.5. The number of benzene rings is 1. The van der Waals surface area contributed by atoms with E-state index in [1.165, 1.54) is 6.07 Å². The van der Waals surface area contributed by atoms with Crippen LogP contribution in [0.1, 0.15) is 16.1 Å². The number of aryl methyl sites for hydroxylation is 1. The molecule has 2 aromatic rings. The third-order valence-corrected chi connectivity index (χ3v) is 4.33. The van der Waals surface area contributed by atoms with E-state index in [0.29, 0.717) is 11.2 Å². The molecule has 1 heterocycles. The van der Waals surface area contributed by atoms with Crippen LogP contribution in [-0.2, 0) is 4.57 Å². The van der Waals surface area contributed by atoms with E-state index in [-0.39, 0.29) is 11.7 Å². The average Bonchev–Trinajstić information content (AvgIpc) is 2.90. The van der Waals surface area contributed by atoms with Gasteiger partial charge >= 0.3 is 0 Å². The van der Waals surface area contributed by atoms with Crippen molar-refractivity contribution < 1.29 is 18.5 Å². The standard InChI is InChI=1S/C15H18NO4P/c1-10-9-11(19-2)5-6-12(10)16-15(17)13-7-8-14(20-13)21(3,4)18/h5-9H,1-4H3,(H,16,17). The van der Waals surface area contributed by atoms with Crippen molar-refractivity contribution in [3.8, 4) is 5.75 Å². The number of carbonyl (C=O) groups is 1. The Morgan fingerprint density at radius 2 is 1.95 bits per heavy atom. The number of hydrogen-bond donors (Lipinski definition) is 1. The normalized spacial score (nSPS) is 11.2. The van der Waals surface area contributed by atoms with Gasteiger partial charge in [-0.25, -0.2) is 0 Å². The van der Waals surface area contributed by atoms with Crippen molar-refractivity contribution in [2.45, 2.75) is 6.92 Å². The average molecular weight is 307 g/mol. The van der Waals surface area contributed by atoms with Crippen molar-refractivity contribution in [2.75, 3.05) is 25.8 Å². The molecule has 2 rings (SSSR count). The van der Waals surface area contributed by atoms with Gasteiger partial charge in [0.2, 0.25) is 0 Å². The molecule has 0 spiro atoms. The lowest BCUT2D eigenvalue weighted by molar-refractivity contribution is 0.0998. The van der Waals surface area contributed by atoms with E-state index < -0.39 is 7.14 Å². The molecule has 0 unspecified atom stereocenters. The number of ether oxygens (including phenoxy) is 1. The largest absolute Gasteiger partial charge is 0.497 e. The van der Waals surface area contributed by atoms with Crippen molar-refractivity contribution in [3.05, 3.63) is 41.7 Å². The lowest BCUT2D eigenvalue weighted by Crippen LogP contribution is -2.12. The van der Waals surface area contributed by atoms with Crippen LogP contribution < -0.4 is 15.6 Å². The molecule has 112 valence electrons. The highest BCUT2D eigenvalue weighted by molar-refractivity contribution is 7.69. The van der Waals surface area contributed by atoms with Crippen LogP contribution in [0.4, 0.5) is 5.69 Å². The lowest BCUT2D eigenvalue weighted by atomic mass is 10.2. The second-order valence-electron chi connectivity index (χ2n) is 5.12. The molecule has 0 radical (unpaired) electrons. The summed E-state index contributed by atoms with van der Waals surface area (Å²) < 4.78 is 22.4. The fraction of sp³-hybridized carbons (Fsp3) is 0.267. The van der Waals surface area contributed by atoms with Gasteiger partial charge in [-0.2, -0.15) is 0 Å². The number of carbonyl (C=O) groups excluding carboxylic acids is 1. The topological polar surface area (TPSA) is 68.5 Å². The minimum Gasteiger partial charge on any atom is -0.497 e. The quantitative estimate of drug-likeness (QED) is 0.881. The highest BCUT2D eigenvalue weighted by Crippen LogP contribution is 2.35. The monoisotopic (exact) mass is 307 g/mol. The lowest BCUT2D eigenvalue weighted by Gasteiger charge is -2.09. The first-order chi connectivity index (χ1) is 9.81. The van der Waals surface area contributed by atoms with E-state index in [0.717, 1.165) is 11.3 Å². The number of nitrogens with one attached hydrogen (secondary N) is 1. The van der Waals surface area contributed by atoms with Gasteiger partial charge in [0.25, 0.3) is 5.91 Å². The first-order valence-electron chi connectivity index (χ1n) is 6.42. The molecule has 6 heteroatoms. The van der Waals surface area contributed by atoms with Crippen molar-refractivity contribution in [1.82, 2.24) is 0 Å². The van der Waals surface area contributed by atoms with Crippen molar-refractivity contribution in [1.29, 1.82) is 0 Å². The first-order valence-corrected chi connectivity index (χ1v) is 9.03. The molecule has 1 aromatic heterocycles. The molecule has 5 nitrogen and oxygen atoms in total. The van der Waals surface area contributed by atoms with E-state index in [2.05, 4.69) is 5.32 Å². The molecule has 21 heavy (non-hydrogen) atoms. The van der Waals surface area contributed by atoms with Crippen LogP contribution in [0.3, 0.4) is 0 Å². The first kappa shape index (κ1) is 15.4. The maximum Gasteiger partial charge on any atom is 0.291 e. The molecule has 0 aliphatic heterocycles. The number of furan rings is 1. The van der Waals surface area contributed by atoms with Crippen LogP contribution in [0.2, 0.25) is 0 Å². The van der Waals surface area contributed by atoms with Gasteiger partial charge in [-0.15, -0.1) is 0 Å². The Morgan fingerprint density at radius 3 is 2.48 bits per heavy atom. The van der Waals surface area contributed by atoms with E-state index >= 15 is 0 Å². The summed E-state index contributed by atoms with van der Waals surface area (Å²) in [6.07, 6.45) is 0. The summed E-state index contributed by atoms with van der Waals surface area (Å²) in [5.74, 6) is 0.496. The highest BCUT2D eigenvalue weighted by atomic mass is 31.2. The van der Waals surface area contributed by atoms with Crippen LogP contribution >= 0.6 is 7.14 Å². The fourth-order valence-corrected chi connectivity index (χ4v) is 2.58. The van der Waals surface area contributed by atoms with Crippen LogP contribution in [0.5, 0.6) is 5.75 Å². The van der Waals surface area contributed by atoms with E-state index in [4.69, 9.17) is 9.15 Å².